The van der Waals surface area contributed by atoms with Gasteiger partial charge in [-0.25, -0.2) is 0 Å². The first kappa shape index (κ1) is 14.7. The number of aromatic nitrogens is 1. The van der Waals surface area contributed by atoms with Gasteiger partial charge in [0.15, 0.2) is 11.5 Å². The summed E-state index contributed by atoms with van der Waals surface area (Å²) in [7, 11) is 3.23. The van der Waals surface area contributed by atoms with Crippen molar-refractivity contribution in [2.75, 3.05) is 19.5 Å². The fraction of sp³-hybridized carbons (Fsp3) is 0.267. The minimum absolute atomic E-state index is 0.565. The van der Waals surface area contributed by atoms with Gasteiger partial charge in [-0.1, -0.05) is 22.0 Å². The lowest BCUT2D eigenvalue weighted by molar-refractivity contribution is 0.350. The van der Waals surface area contributed by atoms with Crippen molar-refractivity contribution in [3.8, 4) is 11.5 Å². The molecule has 106 valence electrons. The topological polar surface area (TPSA) is 43.4 Å². The molecule has 0 aliphatic carbocycles. The molecule has 1 N–H and O–H groups in total. The molecule has 0 aliphatic rings. The van der Waals surface area contributed by atoms with Gasteiger partial charge >= 0.3 is 0 Å². The van der Waals surface area contributed by atoms with Gasteiger partial charge in [-0.2, -0.15) is 0 Å². The summed E-state index contributed by atoms with van der Waals surface area (Å²) >= 11 is 3.52. The van der Waals surface area contributed by atoms with Crippen molar-refractivity contribution in [2.45, 2.75) is 13.5 Å². The largest absolute Gasteiger partial charge is 0.493 e. The normalized spacial score (nSPS) is 10.2. The summed E-state index contributed by atoms with van der Waals surface area (Å²) in [5.74, 6) is 1.35. The highest BCUT2D eigenvalue weighted by Gasteiger charge is 2.10. The van der Waals surface area contributed by atoms with Crippen LogP contribution in [0.3, 0.4) is 0 Å². The van der Waals surface area contributed by atoms with Crippen LogP contribution in [0.5, 0.6) is 11.5 Å². The third-order valence-corrected chi connectivity index (χ3v) is 3.85. The van der Waals surface area contributed by atoms with Crippen LogP contribution >= 0.6 is 15.9 Å². The molecule has 0 saturated carbocycles. The fourth-order valence-electron chi connectivity index (χ4n) is 1.87. The Balaban J connectivity index is 2.16. The molecule has 0 amide bonds. The molecule has 2 rings (SSSR count). The number of hydrogen-bond donors (Lipinski definition) is 1. The monoisotopic (exact) mass is 336 g/mol. The second-order valence-corrected chi connectivity index (χ2v) is 5.17. The van der Waals surface area contributed by atoms with Crippen LogP contribution in [0.4, 0.5) is 5.69 Å². The summed E-state index contributed by atoms with van der Waals surface area (Å²) in [5, 5.41) is 3.33. The number of benzene rings is 1. The summed E-state index contributed by atoms with van der Waals surface area (Å²) in [6.45, 7) is 2.62. The molecule has 2 aromatic rings. The Morgan fingerprint density at radius 1 is 1.20 bits per heavy atom. The lowest BCUT2D eigenvalue weighted by Gasteiger charge is -2.13. The van der Waals surface area contributed by atoms with E-state index in [1.807, 2.05) is 12.1 Å². The summed E-state index contributed by atoms with van der Waals surface area (Å²) in [4.78, 5) is 4.33. The van der Waals surface area contributed by atoms with Gasteiger partial charge in [0.05, 0.1) is 20.8 Å². The van der Waals surface area contributed by atoms with Gasteiger partial charge in [-0.05, 0) is 24.6 Å². The van der Waals surface area contributed by atoms with Crippen LogP contribution in [0.25, 0.3) is 0 Å². The molecule has 1 aromatic carbocycles. The molecule has 5 heteroatoms. The molecule has 0 aliphatic heterocycles. The molecule has 0 atom stereocenters. The number of pyridine rings is 1. The molecule has 1 aromatic heterocycles. The predicted octanol–water partition coefficient (Wildman–Crippen LogP) is 3.78. The van der Waals surface area contributed by atoms with E-state index in [0.717, 1.165) is 15.9 Å². The molecule has 0 unspecified atom stereocenters. The summed E-state index contributed by atoms with van der Waals surface area (Å²) < 4.78 is 11.7. The number of halogens is 1. The van der Waals surface area contributed by atoms with Gasteiger partial charge < -0.3 is 14.8 Å². The Bertz CT molecular complexity index is 602. The third-order valence-electron chi connectivity index (χ3n) is 3.00. The number of aryl methyl sites for hydroxylation is 1. The maximum absolute atomic E-state index is 5.36. The molecule has 0 bridgehead atoms. The van der Waals surface area contributed by atoms with E-state index in [9.17, 15) is 0 Å². The maximum atomic E-state index is 5.36. The standard InChI is InChI=1S/C15H17BrN2O2/c1-10-4-5-11(8-12(10)16)18-9-13-15(20-3)14(19-2)6-7-17-13/h4-8,18H,9H2,1-3H3. The minimum Gasteiger partial charge on any atom is -0.493 e. The molecule has 4 nitrogen and oxygen atoms in total. The van der Waals surface area contributed by atoms with Crippen molar-refractivity contribution in [1.29, 1.82) is 0 Å². The number of rotatable bonds is 5. The number of nitrogens with zero attached hydrogens (tertiary/aromatic N) is 1. The predicted molar refractivity (Wildman–Crippen MR) is 83.5 cm³/mol. The Hall–Kier alpha value is -1.75. The lowest BCUT2D eigenvalue weighted by Crippen LogP contribution is -2.05. The van der Waals surface area contributed by atoms with Crippen molar-refractivity contribution < 1.29 is 9.47 Å². The van der Waals surface area contributed by atoms with Gasteiger partial charge in [0.2, 0.25) is 0 Å². The highest BCUT2D eigenvalue weighted by Crippen LogP contribution is 2.29. The Kier molecular flexibility index (Phi) is 4.84. The van der Waals surface area contributed by atoms with Crippen molar-refractivity contribution in [2.24, 2.45) is 0 Å². The molecule has 1 heterocycles. The minimum atomic E-state index is 0.565. The molecule has 0 radical (unpaired) electrons. The summed E-state index contributed by atoms with van der Waals surface area (Å²) in [6.07, 6.45) is 1.71. The van der Waals surface area contributed by atoms with Crippen LogP contribution in [0.1, 0.15) is 11.3 Å². The van der Waals surface area contributed by atoms with Crippen LogP contribution in [-0.4, -0.2) is 19.2 Å². The average Bonchev–Trinajstić information content (AvgIpc) is 2.47. The smallest absolute Gasteiger partial charge is 0.184 e. The van der Waals surface area contributed by atoms with Crippen LogP contribution in [0.2, 0.25) is 0 Å². The van der Waals surface area contributed by atoms with E-state index in [4.69, 9.17) is 9.47 Å². The number of nitrogens with one attached hydrogen (secondary N) is 1. The zero-order valence-corrected chi connectivity index (χ0v) is 13.3. The zero-order valence-electron chi connectivity index (χ0n) is 11.7. The first-order valence-corrected chi connectivity index (χ1v) is 7.01. The van der Waals surface area contributed by atoms with Crippen molar-refractivity contribution in [3.63, 3.8) is 0 Å². The van der Waals surface area contributed by atoms with E-state index in [-0.39, 0.29) is 0 Å². The second-order valence-electron chi connectivity index (χ2n) is 4.31. The summed E-state index contributed by atoms with van der Waals surface area (Å²) in [6, 6.07) is 7.92. The SMILES string of the molecule is COc1ccnc(CNc2ccc(C)c(Br)c2)c1OC. The van der Waals surface area contributed by atoms with Crippen LogP contribution < -0.4 is 14.8 Å². The van der Waals surface area contributed by atoms with Crippen molar-refractivity contribution in [3.05, 3.63) is 46.2 Å². The first-order valence-electron chi connectivity index (χ1n) is 6.21. The highest BCUT2D eigenvalue weighted by molar-refractivity contribution is 9.10. The lowest BCUT2D eigenvalue weighted by atomic mass is 10.2. The highest BCUT2D eigenvalue weighted by atomic mass is 79.9. The van der Waals surface area contributed by atoms with E-state index in [1.165, 1.54) is 5.56 Å². The van der Waals surface area contributed by atoms with Crippen LogP contribution in [-0.2, 0) is 6.54 Å². The Morgan fingerprint density at radius 2 is 2.00 bits per heavy atom. The van der Waals surface area contributed by atoms with Crippen LogP contribution in [0, 0.1) is 6.92 Å². The summed E-state index contributed by atoms with van der Waals surface area (Å²) in [5.41, 5.74) is 3.03. The maximum Gasteiger partial charge on any atom is 0.184 e. The van der Waals surface area contributed by atoms with Crippen molar-refractivity contribution >= 4 is 21.6 Å². The van der Waals surface area contributed by atoms with E-state index >= 15 is 0 Å². The van der Waals surface area contributed by atoms with Gasteiger partial charge in [0.25, 0.3) is 0 Å². The van der Waals surface area contributed by atoms with E-state index in [2.05, 4.69) is 39.2 Å². The quantitative estimate of drug-likeness (QED) is 0.902. The number of ether oxygens (including phenoxy) is 2. The molecule has 0 saturated heterocycles. The third kappa shape index (κ3) is 3.22. The number of methoxy groups -OCH3 is 2. The molecule has 20 heavy (non-hydrogen) atoms. The first-order chi connectivity index (χ1) is 9.65. The van der Waals surface area contributed by atoms with Crippen molar-refractivity contribution in [1.82, 2.24) is 4.98 Å². The van der Waals surface area contributed by atoms with Crippen LogP contribution in [0.15, 0.2) is 34.9 Å². The zero-order chi connectivity index (χ0) is 14.5. The number of hydrogen-bond acceptors (Lipinski definition) is 4. The van der Waals surface area contributed by atoms with Gasteiger partial charge in [-0.15, -0.1) is 0 Å². The van der Waals surface area contributed by atoms with Gasteiger partial charge in [0, 0.05) is 22.4 Å². The molecular weight excluding hydrogens is 320 g/mol. The average molecular weight is 337 g/mol. The van der Waals surface area contributed by atoms with Gasteiger partial charge in [0.1, 0.15) is 5.69 Å². The Morgan fingerprint density at radius 3 is 2.65 bits per heavy atom. The fourth-order valence-corrected chi connectivity index (χ4v) is 2.24. The molecular formula is C15H17BrN2O2. The van der Waals surface area contributed by atoms with Gasteiger partial charge in [-0.3, -0.25) is 4.98 Å². The number of anilines is 1. The second kappa shape index (κ2) is 6.61. The van der Waals surface area contributed by atoms with E-state index < -0.39 is 0 Å². The van der Waals surface area contributed by atoms with E-state index in [1.54, 1.807) is 26.5 Å². The molecule has 0 spiro atoms. The van der Waals surface area contributed by atoms with E-state index in [0.29, 0.717) is 18.0 Å². The molecule has 0 fully saturated rings. The Labute approximate surface area is 127 Å².